The number of hydrogen-bond acceptors (Lipinski definition) is 4. The molecule has 144 valence electrons. The number of amides is 1. The minimum absolute atomic E-state index is 0.213. The molecule has 1 amide bonds. The molecule has 0 saturated carbocycles. The average molecular weight is 392 g/mol. The zero-order valence-corrected chi connectivity index (χ0v) is 15.5. The molecular weight excluding hydrogens is 371 g/mol. The molecule has 1 N–H and O–H groups in total. The molecule has 0 atom stereocenters. The van der Waals surface area contributed by atoms with Gasteiger partial charge in [0.2, 0.25) is 10.0 Å². The lowest BCUT2D eigenvalue weighted by Crippen LogP contribution is -2.35. The van der Waals surface area contributed by atoms with Crippen molar-refractivity contribution in [2.75, 3.05) is 25.0 Å². The van der Waals surface area contributed by atoms with Crippen LogP contribution in [0.3, 0.4) is 0 Å². The van der Waals surface area contributed by atoms with Gasteiger partial charge in [-0.15, -0.1) is 0 Å². The second-order valence-electron chi connectivity index (χ2n) is 6.28. The van der Waals surface area contributed by atoms with Crippen LogP contribution in [0.25, 0.3) is 0 Å². The van der Waals surface area contributed by atoms with E-state index in [4.69, 9.17) is 4.74 Å². The zero-order valence-electron chi connectivity index (χ0n) is 14.7. The molecule has 1 fully saturated rings. The molecule has 8 heteroatoms. The van der Waals surface area contributed by atoms with Gasteiger partial charge in [-0.3, -0.25) is 4.79 Å². The Kier molecular flexibility index (Phi) is 6.08. The summed E-state index contributed by atoms with van der Waals surface area (Å²) in [5.74, 6) is -0.396. The van der Waals surface area contributed by atoms with E-state index in [1.807, 2.05) is 0 Å². The smallest absolute Gasteiger partial charge is 0.262 e. The Balaban J connectivity index is 1.56. The highest BCUT2D eigenvalue weighted by Gasteiger charge is 2.25. The van der Waals surface area contributed by atoms with Gasteiger partial charge in [-0.25, -0.2) is 12.8 Å². The van der Waals surface area contributed by atoms with Crippen LogP contribution in [0.5, 0.6) is 5.75 Å². The molecular formula is C19H21FN2O4S. The van der Waals surface area contributed by atoms with Crippen molar-refractivity contribution in [3.63, 3.8) is 0 Å². The van der Waals surface area contributed by atoms with Gasteiger partial charge in [0.15, 0.2) is 6.61 Å². The predicted molar refractivity (Wildman–Crippen MR) is 99.6 cm³/mol. The van der Waals surface area contributed by atoms with Gasteiger partial charge in [-0.2, -0.15) is 4.31 Å². The SMILES string of the molecule is O=C(COc1ccc(F)cc1)Nc1ccc(S(=O)(=O)N2CCCCC2)cc1. The van der Waals surface area contributed by atoms with E-state index < -0.39 is 15.9 Å². The normalized spacial score (nSPS) is 15.3. The second kappa shape index (κ2) is 8.49. The van der Waals surface area contributed by atoms with Gasteiger partial charge in [0, 0.05) is 18.8 Å². The lowest BCUT2D eigenvalue weighted by molar-refractivity contribution is -0.118. The largest absolute Gasteiger partial charge is 0.484 e. The van der Waals surface area contributed by atoms with Crippen LogP contribution in [0.15, 0.2) is 53.4 Å². The van der Waals surface area contributed by atoms with Crippen molar-refractivity contribution in [2.24, 2.45) is 0 Å². The first-order chi connectivity index (χ1) is 12.9. The van der Waals surface area contributed by atoms with Gasteiger partial charge in [0.25, 0.3) is 5.91 Å². The molecule has 0 unspecified atom stereocenters. The number of ether oxygens (including phenoxy) is 1. The highest BCUT2D eigenvalue weighted by molar-refractivity contribution is 7.89. The molecule has 0 spiro atoms. The number of anilines is 1. The van der Waals surface area contributed by atoms with E-state index in [1.54, 1.807) is 12.1 Å². The molecule has 0 aliphatic carbocycles. The summed E-state index contributed by atoms with van der Waals surface area (Å²) in [5.41, 5.74) is 0.473. The molecule has 2 aromatic carbocycles. The van der Waals surface area contributed by atoms with E-state index in [9.17, 15) is 17.6 Å². The Hall–Kier alpha value is -2.45. The molecule has 1 saturated heterocycles. The van der Waals surface area contributed by atoms with Crippen molar-refractivity contribution in [1.82, 2.24) is 4.31 Å². The number of nitrogens with zero attached hydrogens (tertiary/aromatic N) is 1. The third-order valence-corrected chi connectivity index (χ3v) is 6.19. The number of sulfonamides is 1. The fourth-order valence-corrected chi connectivity index (χ4v) is 4.36. The van der Waals surface area contributed by atoms with E-state index in [-0.39, 0.29) is 17.3 Å². The van der Waals surface area contributed by atoms with Crippen LogP contribution in [0, 0.1) is 5.82 Å². The zero-order chi connectivity index (χ0) is 19.3. The number of halogens is 1. The summed E-state index contributed by atoms with van der Waals surface area (Å²) in [4.78, 5) is 12.2. The minimum atomic E-state index is -3.49. The van der Waals surface area contributed by atoms with Crippen LogP contribution in [0.1, 0.15) is 19.3 Å². The molecule has 0 radical (unpaired) electrons. The van der Waals surface area contributed by atoms with Crippen LogP contribution in [0.2, 0.25) is 0 Å². The molecule has 1 aliphatic rings. The van der Waals surface area contributed by atoms with Gasteiger partial charge in [-0.05, 0) is 61.4 Å². The van der Waals surface area contributed by atoms with Gasteiger partial charge in [-0.1, -0.05) is 6.42 Å². The summed E-state index contributed by atoms with van der Waals surface area (Å²) in [6.07, 6.45) is 2.81. The average Bonchev–Trinajstić information content (AvgIpc) is 2.69. The van der Waals surface area contributed by atoms with E-state index in [2.05, 4.69) is 5.32 Å². The Bertz CT molecular complexity index is 877. The fraction of sp³-hybridized carbons (Fsp3) is 0.316. The minimum Gasteiger partial charge on any atom is -0.484 e. The standard InChI is InChI=1S/C19H21FN2O4S/c20-15-4-8-17(9-5-15)26-14-19(23)21-16-6-10-18(11-7-16)27(24,25)22-12-2-1-3-13-22/h4-11H,1-3,12-14H2,(H,21,23). The molecule has 27 heavy (non-hydrogen) atoms. The molecule has 2 aromatic rings. The molecule has 1 heterocycles. The number of benzene rings is 2. The first kappa shape index (κ1) is 19.3. The molecule has 1 aliphatic heterocycles. The summed E-state index contributed by atoms with van der Waals surface area (Å²) < 4.78 is 44.8. The maximum absolute atomic E-state index is 12.8. The van der Waals surface area contributed by atoms with Gasteiger partial charge in [0.1, 0.15) is 11.6 Å². The summed E-state index contributed by atoms with van der Waals surface area (Å²) >= 11 is 0. The first-order valence-electron chi connectivity index (χ1n) is 8.73. The number of nitrogens with one attached hydrogen (secondary N) is 1. The van der Waals surface area contributed by atoms with Crippen LogP contribution in [-0.2, 0) is 14.8 Å². The summed E-state index contributed by atoms with van der Waals surface area (Å²) in [7, 11) is -3.49. The first-order valence-corrected chi connectivity index (χ1v) is 10.2. The second-order valence-corrected chi connectivity index (χ2v) is 8.22. The highest BCUT2D eigenvalue weighted by Crippen LogP contribution is 2.22. The van der Waals surface area contributed by atoms with E-state index >= 15 is 0 Å². The fourth-order valence-electron chi connectivity index (χ4n) is 2.84. The van der Waals surface area contributed by atoms with Crippen LogP contribution >= 0.6 is 0 Å². The van der Waals surface area contributed by atoms with Crippen molar-refractivity contribution < 1.29 is 22.3 Å². The summed E-state index contributed by atoms with van der Waals surface area (Å²) in [6.45, 7) is 0.850. The number of carbonyl (C=O) groups is 1. The van der Waals surface area contributed by atoms with Crippen LogP contribution in [-0.4, -0.2) is 38.3 Å². The molecule has 0 aromatic heterocycles. The Morgan fingerprint density at radius 3 is 2.26 bits per heavy atom. The topological polar surface area (TPSA) is 75.7 Å². The maximum atomic E-state index is 12.8. The van der Waals surface area contributed by atoms with Crippen molar-refractivity contribution >= 4 is 21.6 Å². The van der Waals surface area contributed by atoms with Gasteiger partial charge in [0.05, 0.1) is 4.90 Å². The Morgan fingerprint density at radius 1 is 1.00 bits per heavy atom. The Morgan fingerprint density at radius 2 is 1.63 bits per heavy atom. The quantitative estimate of drug-likeness (QED) is 0.820. The van der Waals surface area contributed by atoms with Gasteiger partial charge < -0.3 is 10.1 Å². The van der Waals surface area contributed by atoms with E-state index in [0.29, 0.717) is 24.5 Å². The lowest BCUT2D eigenvalue weighted by atomic mass is 10.2. The van der Waals surface area contributed by atoms with Gasteiger partial charge >= 0.3 is 0 Å². The van der Waals surface area contributed by atoms with Crippen molar-refractivity contribution in [3.05, 3.63) is 54.3 Å². The molecule has 6 nitrogen and oxygen atoms in total. The summed E-state index contributed by atoms with van der Waals surface area (Å²) in [6, 6.07) is 11.4. The number of carbonyl (C=O) groups excluding carboxylic acids is 1. The monoisotopic (exact) mass is 392 g/mol. The lowest BCUT2D eigenvalue weighted by Gasteiger charge is -2.25. The number of hydrogen-bond donors (Lipinski definition) is 1. The molecule has 0 bridgehead atoms. The predicted octanol–water partition coefficient (Wildman–Crippen LogP) is 3.02. The Labute approximate surface area is 158 Å². The number of piperidine rings is 1. The van der Waals surface area contributed by atoms with Crippen molar-refractivity contribution in [1.29, 1.82) is 0 Å². The number of rotatable bonds is 6. The summed E-state index contributed by atoms with van der Waals surface area (Å²) in [5, 5.41) is 2.64. The highest BCUT2D eigenvalue weighted by atomic mass is 32.2. The van der Waals surface area contributed by atoms with Crippen LogP contribution < -0.4 is 10.1 Å². The maximum Gasteiger partial charge on any atom is 0.262 e. The third kappa shape index (κ3) is 5.05. The van der Waals surface area contributed by atoms with Crippen molar-refractivity contribution in [3.8, 4) is 5.75 Å². The van der Waals surface area contributed by atoms with E-state index in [0.717, 1.165) is 19.3 Å². The van der Waals surface area contributed by atoms with Crippen molar-refractivity contribution in [2.45, 2.75) is 24.2 Å². The molecule has 3 rings (SSSR count). The third-order valence-electron chi connectivity index (χ3n) is 4.27. The van der Waals surface area contributed by atoms with E-state index in [1.165, 1.54) is 40.7 Å². The van der Waals surface area contributed by atoms with Crippen LogP contribution in [0.4, 0.5) is 10.1 Å².